The lowest BCUT2D eigenvalue weighted by Crippen LogP contribution is -2.47. The van der Waals surface area contributed by atoms with Gasteiger partial charge in [-0.3, -0.25) is 9.59 Å². The zero-order chi connectivity index (χ0) is 19.4. The standard InChI is InChI=1S/C21H28N2O3S/c1-13-7-6-9-16(14(13)2)23-21(25)15(3)26-20(24)12-11-19-22-17-8-4-5-10-18(17)27-19/h4-5,8,10,13-16H,6-7,9,11-12H2,1-3H3,(H,23,25)/t13-,14-,15-,16-/m1/s1. The molecular formula is C21H28N2O3S. The van der Waals surface area contributed by atoms with Crippen LogP contribution in [0.4, 0.5) is 0 Å². The summed E-state index contributed by atoms with van der Waals surface area (Å²) in [5.41, 5.74) is 0.953. The van der Waals surface area contributed by atoms with Crippen LogP contribution in [-0.2, 0) is 20.7 Å². The number of carbonyl (C=O) groups excluding carboxylic acids is 2. The van der Waals surface area contributed by atoms with Gasteiger partial charge in [-0.2, -0.15) is 0 Å². The van der Waals surface area contributed by atoms with Gasteiger partial charge in [0.05, 0.1) is 21.6 Å². The number of thiazole rings is 1. The summed E-state index contributed by atoms with van der Waals surface area (Å²) in [5, 5.41) is 3.98. The van der Waals surface area contributed by atoms with E-state index in [0.717, 1.165) is 28.1 Å². The van der Waals surface area contributed by atoms with Gasteiger partial charge < -0.3 is 10.1 Å². The zero-order valence-corrected chi connectivity index (χ0v) is 17.1. The van der Waals surface area contributed by atoms with Crippen molar-refractivity contribution in [2.75, 3.05) is 0 Å². The molecule has 1 fully saturated rings. The van der Waals surface area contributed by atoms with Gasteiger partial charge in [0.2, 0.25) is 0 Å². The van der Waals surface area contributed by atoms with Gasteiger partial charge in [0.25, 0.3) is 5.91 Å². The molecular weight excluding hydrogens is 360 g/mol. The Labute approximate surface area is 164 Å². The first-order valence-corrected chi connectivity index (χ1v) is 10.6. The molecule has 0 aliphatic heterocycles. The Morgan fingerprint density at radius 2 is 2.07 bits per heavy atom. The normalized spacial score (nSPS) is 23.7. The van der Waals surface area contributed by atoms with Crippen LogP contribution in [0.1, 0.15) is 51.5 Å². The molecule has 0 unspecified atom stereocenters. The maximum atomic E-state index is 12.4. The van der Waals surface area contributed by atoms with Crippen molar-refractivity contribution < 1.29 is 14.3 Å². The average Bonchev–Trinajstić information content (AvgIpc) is 3.06. The van der Waals surface area contributed by atoms with Crippen molar-refractivity contribution in [3.8, 4) is 0 Å². The molecule has 1 aromatic carbocycles. The fraction of sp³-hybridized carbons (Fsp3) is 0.571. The first kappa shape index (κ1) is 19.8. The summed E-state index contributed by atoms with van der Waals surface area (Å²) in [5.74, 6) is 0.497. The Morgan fingerprint density at radius 1 is 1.30 bits per heavy atom. The fourth-order valence-electron chi connectivity index (χ4n) is 3.63. The summed E-state index contributed by atoms with van der Waals surface area (Å²) in [4.78, 5) is 29.0. The number of para-hydroxylation sites is 1. The van der Waals surface area contributed by atoms with E-state index in [1.807, 2.05) is 24.3 Å². The van der Waals surface area contributed by atoms with Crippen LogP contribution in [-0.4, -0.2) is 29.0 Å². The molecule has 27 heavy (non-hydrogen) atoms. The maximum absolute atomic E-state index is 12.4. The van der Waals surface area contributed by atoms with E-state index in [2.05, 4.69) is 24.1 Å². The Kier molecular flexibility index (Phi) is 6.47. The quantitative estimate of drug-likeness (QED) is 0.757. The predicted octanol–water partition coefficient (Wildman–Crippen LogP) is 4.10. The van der Waals surface area contributed by atoms with Crippen molar-refractivity contribution in [3.05, 3.63) is 29.3 Å². The van der Waals surface area contributed by atoms with Gasteiger partial charge in [0.15, 0.2) is 6.10 Å². The number of benzene rings is 1. The smallest absolute Gasteiger partial charge is 0.306 e. The number of nitrogens with one attached hydrogen (secondary N) is 1. The highest BCUT2D eigenvalue weighted by molar-refractivity contribution is 7.18. The Bertz CT molecular complexity index is 771. The number of nitrogens with zero attached hydrogens (tertiary/aromatic N) is 1. The largest absolute Gasteiger partial charge is 0.453 e. The van der Waals surface area contributed by atoms with Gasteiger partial charge in [0, 0.05) is 12.5 Å². The molecule has 0 bridgehead atoms. The molecule has 1 aliphatic carbocycles. The van der Waals surface area contributed by atoms with Crippen LogP contribution in [0.25, 0.3) is 10.2 Å². The minimum Gasteiger partial charge on any atom is -0.453 e. The summed E-state index contributed by atoms with van der Waals surface area (Å²) in [7, 11) is 0. The first-order valence-electron chi connectivity index (χ1n) is 9.78. The van der Waals surface area contributed by atoms with E-state index < -0.39 is 6.10 Å². The maximum Gasteiger partial charge on any atom is 0.306 e. The highest BCUT2D eigenvalue weighted by Crippen LogP contribution is 2.29. The average molecular weight is 389 g/mol. The molecule has 3 rings (SSSR count). The molecule has 2 aromatic rings. The number of esters is 1. The minimum atomic E-state index is -0.766. The third-order valence-electron chi connectivity index (χ3n) is 5.59. The number of hydrogen-bond donors (Lipinski definition) is 1. The lowest BCUT2D eigenvalue weighted by atomic mass is 9.78. The Hall–Kier alpha value is -1.95. The van der Waals surface area contributed by atoms with Crippen molar-refractivity contribution in [2.24, 2.45) is 11.8 Å². The molecule has 1 N–H and O–H groups in total. The van der Waals surface area contributed by atoms with Crippen LogP contribution in [0.5, 0.6) is 0 Å². The van der Waals surface area contributed by atoms with E-state index in [4.69, 9.17) is 4.74 Å². The van der Waals surface area contributed by atoms with Crippen LogP contribution in [0.3, 0.4) is 0 Å². The first-order chi connectivity index (χ1) is 12.9. The van der Waals surface area contributed by atoms with Crippen molar-refractivity contribution in [3.63, 3.8) is 0 Å². The monoisotopic (exact) mass is 388 g/mol. The summed E-state index contributed by atoms with van der Waals surface area (Å²) in [6, 6.07) is 8.09. The fourth-order valence-corrected chi connectivity index (χ4v) is 4.60. The molecule has 1 saturated carbocycles. The number of fused-ring (bicyclic) bond motifs is 1. The van der Waals surface area contributed by atoms with Crippen molar-refractivity contribution >= 4 is 33.4 Å². The molecule has 0 spiro atoms. The number of rotatable bonds is 6. The van der Waals surface area contributed by atoms with Gasteiger partial charge in [-0.1, -0.05) is 38.8 Å². The number of ether oxygens (including phenoxy) is 1. The van der Waals surface area contributed by atoms with Gasteiger partial charge >= 0.3 is 5.97 Å². The summed E-state index contributed by atoms with van der Waals surface area (Å²) in [6.45, 7) is 6.06. The zero-order valence-electron chi connectivity index (χ0n) is 16.2. The molecule has 146 valence electrons. The number of hydrogen-bond acceptors (Lipinski definition) is 5. The molecule has 0 radical (unpaired) electrons. The Morgan fingerprint density at radius 3 is 2.85 bits per heavy atom. The second-order valence-corrected chi connectivity index (χ2v) is 8.71. The third-order valence-corrected chi connectivity index (χ3v) is 6.69. The van der Waals surface area contributed by atoms with Gasteiger partial charge in [-0.15, -0.1) is 11.3 Å². The Balaban J connectivity index is 1.46. The van der Waals surface area contributed by atoms with Crippen LogP contribution < -0.4 is 5.32 Å². The topological polar surface area (TPSA) is 68.3 Å². The van der Waals surface area contributed by atoms with Crippen LogP contribution in [0, 0.1) is 11.8 Å². The van der Waals surface area contributed by atoms with Gasteiger partial charge in [-0.05, 0) is 37.3 Å². The number of carbonyl (C=O) groups is 2. The molecule has 1 aliphatic rings. The molecule has 4 atom stereocenters. The second kappa shape index (κ2) is 8.83. The van der Waals surface area contributed by atoms with Crippen molar-refractivity contribution in [2.45, 2.75) is 65.0 Å². The van der Waals surface area contributed by atoms with E-state index in [-0.39, 0.29) is 24.3 Å². The SMILES string of the molecule is C[C@@H]1[C@H](C)CCC[C@H]1NC(=O)[C@@H](C)OC(=O)CCc1nc2ccccc2s1. The second-order valence-electron chi connectivity index (χ2n) is 7.59. The molecule has 6 heteroatoms. The van der Waals surface area contributed by atoms with E-state index in [1.165, 1.54) is 6.42 Å². The predicted molar refractivity (Wildman–Crippen MR) is 108 cm³/mol. The van der Waals surface area contributed by atoms with E-state index in [9.17, 15) is 9.59 Å². The minimum absolute atomic E-state index is 0.171. The van der Waals surface area contributed by atoms with Gasteiger partial charge in [-0.25, -0.2) is 4.98 Å². The third kappa shape index (κ3) is 5.06. The molecule has 1 amide bonds. The molecule has 0 saturated heterocycles. The van der Waals surface area contributed by atoms with Crippen molar-refractivity contribution in [1.82, 2.24) is 10.3 Å². The summed E-state index contributed by atoms with van der Waals surface area (Å²) < 4.78 is 6.45. The van der Waals surface area contributed by atoms with E-state index in [0.29, 0.717) is 18.3 Å². The molecule has 5 nitrogen and oxygen atoms in total. The highest BCUT2D eigenvalue weighted by atomic mass is 32.1. The van der Waals surface area contributed by atoms with Crippen LogP contribution >= 0.6 is 11.3 Å². The number of amides is 1. The van der Waals surface area contributed by atoms with Crippen molar-refractivity contribution in [1.29, 1.82) is 0 Å². The van der Waals surface area contributed by atoms with E-state index >= 15 is 0 Å². The number of aromatic nitrogens is 1. The lowest BCUT2D eigenvalue weighted by molar-refractivity contribution is -0.155. The summed E-state index contributed by atoms with van der Waals surface area (Å²) in [6.07, 6.45) is 3.33. The lowest BCUT2D eigenvalue weighted by Gasteiger charge is -2.35. The molecule has 1 aromatic heterocycles. The molecule has 1 heterocycles. The number of aryl methyl sites for hydroxylation is 1. The van der Waals surface area contributed by atoms with Crippen LogP contribution in [0.15, 0.2) is 24.3 Å². The summed E-state index contributed by atoms with van der Waals surface area (Å²) >= 11 is 1.59. The highest BCUT2D eigenvalue weighted by Gasteiger charge is 2.30. The van der Waals surface area contributed by atoms with Crippen LogP contribution in [0.2, 0.25) is 0 Å². The van der Waals surface area contributed by atoms with E-state index in [1.54, 1.807) is 18.3 Å². The van der Waals surface area contributed by atoms with Gasteiger partial charge in [0.1, 0.15) is 0 Å².